The number of benzene rings is 1. The number of methoxy groups -OCH3 is 2. The van der Waals surface area contributed by atoms with E-state index in [1.165, 1.54) is 18.4 Å². The highest BCUT2D eigenvalue weighted by molar-refractivity contribution is 9.11. The first-order valence-corrected chi connectivity index (χ1v) is 8.03. The Hall–Kier alpha value is -1.93. The number of halogens is 1. The van der Waals surface area contributed by atoms with Gasteiger partial charge in [0.2, 0.25) is 0 Å². The Labute approximate surface area is 138 Å². The van der Waals surface area contributed by atoms with Crippen LogP contribution in [0.2, 0.25) is 0 Å². The number of hydrogen-bond donors (Lipinski definition) is 1. The number of aromatic amines is 1. The predicted molar refractivity (Wildman–Crippen MR) is 88.1 cm³/mol. The Kier molecular flexibility index (Phi) is 4.12. The number of rotatable bonds is 4. The molecule has 2 heterocycles. The van der Waals surface area contributed by atoms with Crippen LogP contribution < -0.4 is 15.0 Å². The lowest BCUT2D eigenvalue weighted by molar-refractivity contribution is 0.355. The van der Waals surface area contributed by atoms with Gasteiger partial charge in [-0.05, 0) is 22.0 Å². The van der Waals surface area contributed by atoms with Crippen LogP contribution >= 0.6 is 27.3 Å². The van der Waals surface area contributed by atoms with Crippen LogP contribution in [-0.4, -0.2) is 29.2 Å². The van der Waals surface area contributed by atoms with Gasteiger partial charge < -0.3 is 14.5 Å². The molecule has 0 aliphatic carbocycles. The standard InChI is InChI=1S/C14H12BrN3O3S/c1-20-10-4-8-9(5-11(10)21-2)17-12(18-13(8)19)3-7-6-22-14(15)16-7/h4-6H,3H2,1-2H3,(H,17,18,19). The molecule has 0 aliphatic rings. The number of fused-ring (bicyclic) bond motifs is 1. The minimum absolute atomic E-state index is 0.213. The second kappa shape index (κ2) is 6.05. The predicted octanol–water partition coefficient (Wildman–Crippen LogP) is 2.75. The van der Waals surface area contributed by atoms with Crippen LogP contribution in [-0.2, 0) is 6.42 Å². The normalized spacial score (nSPS) is 10.9. The van der Waals surface area contributed by atoms with Crippen LogP contribution in [0.3, 0.4) is 0 Å². The quantitative estimate of drug-likeness (QED) is 0.751. The number of hydrogen-bond acceptors (Lipinski definition) is 6. The number of aromatic nitrogens is 3. The monoisotopic (exact) mass is 381 g/mol. The van der Waals surface area contributed by atoms with Crippen molar-refractivity contribution in [1.82, 2.24) is 15.0 Å². The maximum atomic E-state index is 12.2. The molecule has 0 aliphatic heterocycles. The van der Waals surface area contributed by atoms with E-state index in [0.29, 0.717) is 34.6 Å². The van der Waals surface area contributed by atoms with Gasteiger partial charge in [0.05, 0.1) is 30.8 Å². The Morgan fingerprint density at radius 3 is 2.59 bits per heavy atom. The fourth-order valence-corrected chi connectivity index (χ4v) is 3.18. The average Bonchev–Trinajstić information content (AvgIpc) is 2.91. The van der Waals surface area contributed by atoms with Crippen LogP contribution in [0.15, 0.2) is 26.2 Å². The van der Waals surface area contributed by atoms with Crippen molar-refractivity contribution < 1.29 is 9.47 Å². The van der Waals surface area contributed by atoms with Crippen molar-refractivity contribution in [2.24, 2.45) is 0 Å². The van der Waals surface area contributed by atoms with Gasteiger partial charge in [-0.15, -0.1) is 11.3 Å². The zero-order valence-corrected chi connectivity index (χ0v) is 14.2. The van der Waals surface area contributed by atoms with E-state index in [1.54, 1.807) is 19.2 Å². The van der Waals surface area contributed by atoms with Gasteiger partial charge in [-0.3, -0.25) is 4.79 Å². The summed E-state index contributed by atoms with van der Waals surface area (Å²) in [4.78, 5) is 23.8. The number of thiazole rings is 1. The smallest absolute Gasteiger partial charge is 0.258 e. The van der Waals surface area contributed by atoms with E-state index in [-0.39, 0.29) is 5.56 Å². The topological polar surface area (TPSA) is 77.1 Å². The molecule has 0 saturated carbocycles. The van der Waals surface area contributed by atoms with Crippen LogP contribution in [0.1, 0.15) is 11.5 Å². The molecule has 0 spiro atoms. The highest BCUT2D eigenvalue weighted by atomic mass is 79.9. The lowest BCUT2D eigenvalue weighted by Crippen LogP contribution is -2.12. The summed E-state index contributed by atoms with van der Waals surface area (Å²) in [5.74, 6) is 1.59. The van der Waals surface area contributed by atoms with E-state index in [0.717, 1.165) is 9.61 Å². The molecule has 3 rings (SSSR count). The van der Waals surface area contributed by atoms with Gasteiger partial charge >= 0.3 is 0 Å². The van der Waals surface area contributed by atoms with E-state index in [4.69, 9.17) is 9.47 Å². The molecule has 0 radical (unpaired) electrons. The van der Waals surface area contributed by atoms with E-state index < -0.39 is 0 Å². The van der Waals surface area contributed by atoms with Gasteiger partial charge in [0.1, 0.15) is 5.82 Å². The second-order valence-corrected chi connectivity index (χ2v) is 6.64. The molecule has 0 bridgehead atoms. The van der Waals surface area contributed by atoms with Crippen molar-refractivity contribution in [1.29, 1.82) is 0 Å². The fourth-order valence-electron chi connectivity index (χ4n) is 2.13. The molecule has 114 valence electrons. The first-order valence-electron chi connectivity index (χ1n) is 6.35. The van der Waals surface area contributed by atoms with Crippen molar-refractivity contribution in [3.63, 3.8) is 0 Å². The number of H-pyrrole nitrogens is 1. The van der Waals surface area contributed by atoms with Crippen LogP contribution in [0.4, 0.5) is 0 Å². The number of nitrogens with zero attached hydrogens (tertiary/aromatic N) is 2. The summed E-state index contributed by atoms with van der Waals surface area (Å²) in [6, 6.07) is 3.33. The molecule has 1 N–H and O–H groups in total. The number of nitrogens with one attached hydrogen (secondary N) is 1. The fraction of sp³-hybridized carbons (Fsp3) is 0.214. The summed E-state index contributed by atoms with van der Waals surface area (Å²) in [5.41, 5.74) is 1.20. The Balaban J connectivity index is 2.09. The van der Waals surface area contributed by atoms with E-state index in [2.05, 4.69) is 30.9 Å². The third kappa shape index (κ3) is 2.84. The molecule has 8 heteroatoms. The van der Waals surface area contributed by atoms with Gasteiger partial charge in [0.15, 0.2) is 15.4 Å². The van der Waals surface area contributed by atoms with Crippen molar-refractivity contribution in [2.75, 3.05) is 14.2 Å². The van der Waals surface area contributed by atoms with Crippen LogP contribution in [0, 0.1) is 0 Å². The SMILES string of the molecule is COc1cc2nc(Cc3csc(Br)n3)[nH]c(=O)c2cc1OC. The molecular formula is C14H12BrN3O3S. The third-order valence-electron chi connectivity index (χ3n) is 3.13. The van der Waals surface area contributed by atoms with Crippen LogP contribution in [0.5, 0.6) is 11.5 Å². The van der Waals surface area contributed by atoms with Gasteiger partial charge in [-0.2, -0.15) is 0 Å². The highest BCUT2D eigenvalue weighted by Gasteiger charge is 2.12. The molecule has 0 unspecified atom stereocenters. The summed E-state index contributed by atoms with van der Waals surface area (Å²) in [5, 5.41) is 2.38. The second-order valence-electron chi connectivity index (χ2n) is 4.51. The lowest BCUT2D eigenvalue weighted by Gasteiger charge is -2.09. The molecule has 0 atom stereocenters. The zero-order valence-electron chi connectivity index (χ0n) is 11.8. The van der Waals surface area contributed by atoms with Crippen molar-refractivity contribution >= 4 is 38.2 Å². The zero-order chi connectivity index (χ0) is 15.7. The Morgan fingerprint density at radius 1 is 1.23 bits per heavy atom. The summed E-state index contributed by atoms with van der Waals surface area (Å²) in [6.07, 6.45) is 0.460. The molecule has 1 aromatic carbocycles. The van der Waals surface area contributed by atoms with Crippen molar-refractivity contribution in [2.45, 2.75) is 6.42 Å². The van der Waals surface area contributed by atoms with E-state index in [1.807, 2.05) is 5.38 Å². The summed E-state index contributed by atoms with van der Waals surface area (Å²) < 4.78 is 11.3. The van der Waals surface area contributed by atoms with Crippen molar-refractivity contribution in [3.8, 4) is 11.5 Å². The first-order chi connectivity index (χ1) is 10.6. The Bertz CT molecular complexity index is 891. The number of ether oxygens (including phenoxy) is 2. The highest BCUT2D eigenvalue weighted by Crippen LogP contribution is 2.30. The van der Waals surface area contributed by atoms with Gasteiger partial charge in [0, 0.05) is 17.9 Å². The Morgan fingerprint density at radius 2 is 1.95 bits per heavy atom. The molecular weight excluding hydrogens is 370 g/mol. The van der Waals surface area contributed by atoms with E-state index >= 15 is 0 Å². The van der Waals surface area contributed by atoms with Gasteiger partial charge in [-0.1, -0.05) is 0 Å². The van der Waals surface area contributed by atoms with Gasteiger partial charge in [-0.25, -0.2) is 9.97 Å². The van der Waals surface area contributed by atoms with E-state index in [9.17, 15) is 4.79 Å². The minimum Gasteiger partial charge on any atom is -0.493 e. The lowest BCUT2D eigenvalue weighted by atomic mass is 10.2. The molecule has 2 aromatic heterocycles. The maximum absolute atomic E-state index is 12.2. The summed E-state index contributed by atoms with van der Waals surface area (Å²) in [7, 11) is 3.07. The first kappa shape index (κ1) is 15.0. The molecule has 3 aromatic rings. The largest absolute Gasteiger partial charge is 0.493 e. The summed E-state index contributed by atoms with van der Waals surface area (Å²) >= 11 is 4.81. The third-order valence-corrected chi connectivity index (χ3v) is 4.55. The molecule has 0 saturated heterocycles. The van der Waals surface area contributed by atoms with Crippen LogP contribution in [0.25, 0.3) is 10.9 Å². The molecule has 6 nitrogen and oxygen atoms in total. The molecule has 0 fully saturated rings. The van der Waals surface area contributed by atoms with Gasteiger partial charge in [0.25, 0.3) is 5.56 Å². The average molecular weight is 382 g/mol. The molecule has 0 amide bonds. The summed E-state index contributed by atoms with van der Waals surface area (Å²) in [6.45, 7) is 0. The maximum Gasteiger partial charge on any atom is 0.258 e. The molecule has 22 heavy (non-hydrogen) atoms. The van der Waals surface area contributed by atoms with Crippen molar-refractivity contribution in [3.05, 3.63) is 43.3 Å². The minimum atomic E-state index is -0.213.